The molecule has 2 aromatic heterocycles. The number of aromatic nitrogens is 6. The topological polar surface area (TPSA) is 108 Å². The highest BCUT2D eigenvalue weighted by atomic mass is 19.1. The average Bonchev–Trinajstić information content (AvgIpc) is 3.27. The van der Waals surface area contributed by atoms with Gasteiger partial charge in [0.25, 0.3) is 0 Å². The Labute approximate surface area is 178 Å². The van der Waals surface area contributed by atoms with Gasteiger partial charge >= 0.3 is 5.97 Å². The van der Waals surface area contributed by atoms with Gasteiger partial charge in [0.2, 0.25) is 0 Å². The minimum atomic E-state index is -1.23. The van der Waals surface area contributed by atoms with Gasteiger partial charge in [0.1, 0.15) is 17.9 Å². The molecule has 0 N–H and O–H groups in total. The van der Waals surface area contributed by atoms with Crippen LogP contribution in [-0.4, -0.2) is 84.2 Å². The van der Waals surface area contributed by atoms with E-state index in [1.807, 2.05) is 0 Å². The third kappa shape index (κ3) is 7.16. The Morgan fingerprint density at radius 1 is 1.19 bits per heavy atom. The van der Waals surface area contributed by atoms with Crippen LogP contribution in [0.25, 0.3) is 0 Å². The second kappa shape index (κ2) is 9.58. The fraction of sp³-hybridized carbons (Fsp3) is 0.684. The number of alkyl halides is 2. The second-order valence-corrected chi connectivity index (χ2v) is 8.69. The van der Waals surface area contributed by atoms with Crippen molar-refractivity contribution in [3.05, 3.63) is 23.8 Å². The molecule has 1 aliphatic heterocycles. The van der Waals surface area contributed by atoms with Gasteiger partial charge < -0.3 is 4.74 Å². The number of ether oxygens (including phenoxy) is 1. The van der Waals surface area contributed by atoms with Crippen molar-refractivity contribution in [3.8, 4) is 0 Å². The summed E-state index contributed by atoms with van der Waals surface area (Å²) < 4.78 is 35.1. The number of carbonyl (C=O) groups excluding carboxylic acids is 2. The lowest BCUT2D eigenvalue weighted by atomic mass is 10.1. The van der Waals surface area contributed by atoms with Crippen molar-refractivity contribution in [1.82, 2.24) is 34.9 Å². The normalized spacial score (nSPS) is 16.2. The lowest BCUT2D eigenvalue weighted by Crippen LogP contribution is -2.50. The number of likely N-dealkylation sites (tertiary alicyclic amines) is 1. The highest BCUT2D eigenvalue weighted by molar-refractivity contribution is 5.87. The number of ketones is 1. The highest BCUT2D eigenvalue weighted by Crippen LogP contribution is 2.12. The van der Waals surface area contributed by atoms with Crippen LogP contribution >= 0.6 is 0 Å². The lowest BCUT2D eigenvalue weighted by molar-refractivity contribution is -0.121. The summed E-state index contributed by atoms with van der Waals surface area (Å²) >= 11 is 0. The Balaban J connectivity index is 1.40. The summed E-state index contributed by atoms with van der Waals surface area (Å²) in [5, 5.41) is 15.3. The molecule has 0 amide bonds. The number of carbonyl (C=O) groups is 2. The van der Waals surface area contributed by atoms with E-state index < -0.39 is 23.9 Å². The summed E-state index contributed by atoms with van der Waals surface area (Å²) in [6, 6.07) is 0. The zero-order valence-electron chi connectivity index (χ0n) is 17.9. The van der Waals surface area contributed by atoms with Crippen LogP contribution in [0.15, 0.2) is 12.4 Å². The van der Waals surface area contributed by atoms with E-state index in [2.05, 4.69) is 20.6 Å². The minimum absolute atomic E-state index is 0.0233. The third-order valence-corrected chi connectivity index (χ3v) is 4.48. The van der Waals surface area contributed by atoms with E-state index in [1.54, 1.807) is 25.7 Å². The van der Waals surface area contributed by atoms with E-state index in [4.69, 9.17) is 4.74 Å². The van der Waals surface area contributed by atoms with E-state index >= 15 is 0 Å². The predicted octanol–water partition coefficient (Wildman–Crippen LogP) is 1.02. The third-order valence-electron chi connectivity index (χ3n) is 4.48. The van der Waals surface area contributed by atoms with Crippen LogP contribution < -0.4 is 0 Å². The second-order valence-electron chi connectivity index (χ2n) is 8.69. The number of rotatable bonds is 10. The fourth-order valence-corrected chi connectivity index (χ4v) is 3.05. The van der Waals surface area contributed by atoms with Crippen LogP contribution in [0.5, 0.6) is 0 Å². The van der Waals surface area contributed by atoms with Crippen molar-refractivity contribution in [2.45, 2.75) is 64.6 Å². The molecule has 0 bridgehead atoms. The molecule has 10 nitrogen and oxygen atoms in total. The Hall–Kier alpha value is -2.76. The van der Waals surface area contributed by atoms with E-state index in [0.29, 0.717) is 5.69 Å². The fourth-order valence-electron chi connectivity index (χ4n) is 3.05. The first-order valence-corrected chi connectivity index (χ1v) is 10.1. The van der Waals surface area contributed by atoms with Crippen LogP contribution in [0.1, 0.15) is 43.4 Å². The van der Waals surface area contributed by atoms with Gasteiger partial charge in [0.05, 0.1) is 31.4 Å². The summed E-state index contributed by atoms with van der Waals surface area (Å²) in [4.78, 5) is 25.7. The van der Waals surface area contributed by atoms with Gasteiger partial charge in [-0.05, 0) is 20.8 Å². The van der Waals surface area contributed by atoms with Gasteiger partial charge in [-0.2, -0.15) is 0 Å². The molecule has 0 aromatic carbocycles. The summed E-state index contributed by atoms with van der Waals surface area (Å²) in [6.07, 6.45) is 1.08. The Morgan fingerprint density at radius 2 is 1.90 bits per heavy atom. The number of hydrogen-bond acceptors (Lipinski definition) is 8. The number of nitrogens with zero attached hydrogens (tertiary/aromatic N) is 7. The summed E-state index contributed by atoms with van der Waals surface area (Å²) in [7, 11) is 0. The Morgan fingerprint density at radius 3 is 2.58 bits per heavy atom. The monoisotopic (exact) mass is 439 g/mol. The lowest BCUT2D eigenvalue weighted by Gasteiger charge is -2.33. The van der Waals surface area contributed by atoms with Crippen molar-refractivity contribution < 1.29 is 23.1 Å². The predicted molar refractivity (Wildman–Crippen MR) is 105 cm³/mol. The molecule has 31 heavy (non-hydrogen) atoms. The maximum atomic E-state index is 14.3. The Bertz CT molecular complexity index is 902. The quantitative estimate of drug-likeness (QED) is 0.505. The molecule has 1 atom stereocenters. The van der Waals surface area contributed by atoms with Crippen LogP contribution in [0.4, 0.5) is 8.78 Å². The van der Waals surface area contributed by atoms with Crippen LogP contribution in [0, 0.1) is 0 Å². The number of halogens is 2. The van der Waals surface area contributed by atoms with Crippen molar-refractivity contribution in [2.75, 3.05) is 19.6 Å². The molecule has 0 radical (unpaired) electrons. The molecule has 12 heteroatoms. The number of Topliss-reactive ketones (excluding diaryl/α,β-unsaturated/α-hetero) is 1. The van der Waals surface area contributed by atoms with Crippen LogP contribution in [0.3, 0.4) is 0 Å². The van der Waals surface area contributed by atoms with Gasteiger partial charge in [-0.15, -0.1) is 10.2 Å². The van der Waals surface area contributed by atoms with Crippen LogP contribution in [-0.2, 0) is 29.0 Å². The van der Waals surface area contributed by atoms with Crippen molar-refractivity contribution in [1.29, 1.82) is 0 Å². The molecule has 0 spiro atoms. The van der Waals surface area contributed by atoms with Crippen LogP contribution in [0.2, 0.25) is 0 Å². The molecule has 1 unspecified atom stereocenters. The van der Waals surface area contributed by atoms with Gasteiger partial charge in [-0.3, -0.25) is 14.4 Å². The molecule has 1 aliphatic rings. The molecule has 1 saturated heterocycles. The molecule has 0 aliphatic carbocycles. The van der Waals surface area contributed by atoms with E-state index in [1.165, 1.54) is 21.8 Å². The van der Waals surface area contributed by atoms with Crippen molar-refractivity contribution in [2.24, 2.45) is 0 Å². The van der Waals surface area contributed by atoms with Gasteiger partial charge in [-0.25, -0.2) is 18.3 Å². The first-order valence-electron chi connectivity index (χ1n) is 10.1. The zero-order chi connectivity index (χ0) is 22.6. The molecular weight excluding hydrogens is 412 g/mol. The van der Waals surface area contributed by atoms with E-state index in [0.717, 1.165) is 0 Å². The summed E-state index contributed by atoms with van der Waals surface area (Å²) in [5.74, 6) is -0.665. The molecule has 0 saturated carbocycles. The number of aryl methyl sites for hydroxylation is 1. The molecule has 1 fully saturated rings. The highest BCUT2D eigenvalue weighted by Gasteiger charge is 2.27. The van der Waals surface area contributed by atoms with Gasteiger partial charge in [-0.1, -0.05) is 10.4 Å². The molecular formula is C19H27F2N7O3. The van der Waals surface area contributed by atoms with E-state index in [9.17, 15) is 18.4 Å². The summed E-state index contributed by atoms with van der Waals surface area (Å²) in [6.45, 7) is 6.21. The SMILES string of the molecule is CC(C)(C)OC(=O)c1cn(CCC(F)Cn2cc(CC(=O)CN3CC(F)C3)nn2)nn1. The summed E-state index contributed by atoms with van der Waals surface area (Å²) in [5.41, 5.74) is -0.123. The average molecular weight is 439 g/mol. The van der Waals surface area contributed by atoms with Gasteiger partial charge in [0, 0.05) is 32.3 Å². The molecule has 2 aromatic rings. The van der Waals surface area contributed by atoms with Crippen molar-refractivity contribution in [3.63, 3.8) is 0 Å². The molecule has 3 heterocycles. The first-order chi connectivity index (χ1) is 14.6. The van der Waals surface area contributed by atoms with E-state index in [-0.39, 0.29) is 57.0 Å². The minimum Gasteiger partial charge on any atom is -0.455 e. The maximum absolute atomic E-state index is 14.3. The first kappa shape index (κ1) is 22.9. The van der Waals surface area contributed by atoms with Crippen molar-refractivity contribution >= 4 is 11.8 Å². The molecule has 3 rings (SSSR count). The molecule has 170 valence electrons. The number of esters is 1. The zero-order valence-corrected chi connectivity index (χ0v) is 17.9. The Kier molecular flexibility index (Phi) is 7.08. The smallest absolute Gasteiger partial charge is 0.361 e. The maximum Gasteiger partial charge on any atom is 0.361 e. The van der Waals surface area contributed by atoms with Gasteiger partial charge in [0.15, 0.2) is 11.5 Å². The standard InChI is InChI=1S/C19H27F2N7O3/c1-19(2,3)31-18(30)17-12-27(25-23-17)5-4-13(20)9-28-10-15(22-24-28)6-16(29)11-26-7-14(21)8-26/h10,12-14H,4-9,11H2,1-3H3. The number of hydrogen-bond donors (Lipinski definition) is 0. The largest absolute Gasteiger partial charge is 0.455 e.